The SMILES string of the molecule is CSc1ncccc1C(=O)NC(C)CC(=O)O. The Morgan fingerprint density at radius 1 is 1.59 bits per heavy atom. The number of nitrogens with one attached hydrogen (secondary N) is 1. The van der Waals surface area contributed by atoms with E-state index in [1.807, 2.05) is 6.26 Å². The fourth-order valence-electron chi connectivity index (χ4n) is 1.34. The summed E-state index contributed by atoms with van der Waals surface area (Å²) >= 11 is 1.38. The lowest BCUT2D eigenvalue weighted by molar-refractivity contribution is -0.137. The number of thioether (sulfide) groups is 1. The fourth-order valence-corrected chi connectivity index (χ4v) is 1.89. The minimum Gasteiger partial charge on any atom is -0.481 e. The van der Waals surface area contributed by atoms with Gasteiger partial charge in [-0.2, -0.15) is 0 Å². The lowest BCUT2D eigenvalue weighted by atomic mass is 10.2. The van der Waals surface area contributed by atoms with E-state index in [0.29, 0.717) is 10.6 Å². The van der Waals surface area contributed by atoms with Crippen LogP contribution in [0.1, 0.15) is 23.7 Å². The van der Waals surface area contributed by atoms with Crippen LogP contribution in [0.15, 0.2) is 23.4 Å². The molecule has 1 atom stereocenters. The maximum atomic E-state index is 11.9. The van der Waals surface area contributed by atoms with Crippen LogP contribution in [0, 0.1) is 0 Å². The van der Waals surface area contributed by atoms with Crippen molar-refractivity contribution in [3.8, 4) is 0 Å². The summed E-state index contributed by atoms with van der Waals surface area (Å²) in [6.07, 6.45) is 3.35. The molecular weight excluding hydrogens is 240 g/mol. The summed E-state index contributed by atoms with van der Waals surface area (Å²) in [6.45, 7) is 1.65. The van der Waals surface area contributed by atoms with Crippen molar-refractivity contribution in [2.24, 2.45) is 0 Å². The van der Waals surface area contributed by atoms with Gasteiger partial charge in [0.1, 0.15) is 5.03 Å². The molecule has 0 aromatic carbocycles. The van der Waals surface area contributed by atoms with E-state index in [1.54, 1.807) is 25.3 Å². The predicted molar refractivity (Wildman–Crippen MR) is 65.2 cm³/mol. The van der Waals surface area contributed by atoms with Crippen molar-refractivity contribution in [3.63, 3.8) is 0 Å². The molecule has 1 aromatic rings. The van der Waals surface area contributed by atoms with Gasteiger partial charge in [0, 0.05) is 12.2 Å². The van der Waals surface area contributed by atoms with Gasteiger partial charge in [-0.3, -0.25) is 9.59 Å². The second-order valence-corrected chi connectivity index (χ2v) is 4.33. The minimum atomic E-state index is -0.936. The molecule has 1 heterocycles. The Hall–Kier alpha value is -1.56. The van der Waals surface area contributed by atoms with Crippen LogP contribution in [0.5, 0.6) is 0 Å². The monoisotopic (exact) mass is 254 g/mol. The zero-order valence-corrected chi connectivity index (χ0v) is 10.5. The Labute approximate surface area is 104 Å². The van der Waals surface area contributed by atoms with E-state index in [0.717, 1.165) is 0 Å². The predicted octanol–water partition coefficient (Wildman–Crippen LogP) is 1.40. The summed E-state index contributed by atoms with van der Waals surface area (Å²) in [5.41, 5.74) is 0.470. The number of amides is 1. The van der Waals surface area contributed by atoms with Gasteiger partial charge in [0.25, 0.3) is 5.91 Å². The number of nitrogens with zero attached hydrogens (tertiary/aromatic N) is 1. The standard InChI is InChI=1S/C11H14N2O3S/c1-7(6-9(14)15)13-10(16)8-4-3-5-12-11(8)17-2/h3-5,7H,6H2,1-2H3,(H,13,16)(H,14,15). The topological polar surface area (TPSA) is 79.3 Å². The van der Waals surface area contributed by atoms with E-state index in [2.05, 4.69) is 10.3 Å². The van der Waals surface area contributed by atoms with Crippen LogP contribution < -0.4 is 5.32 Å². The number of carboxylic acid groups (broad SMARTS) is 1. The normalized spacial score (nSPS) is 11.9. The average molecular weight is 254 g/mol. The molecule has 2 N–H and O–H groups in total. The van der Waals surface area contributed by atoms with Crippen molar-refractivity contribution in [3.05, 3.63) is 23.9 Å². The molecule has 0 aliphatic carbocycles. The molecule has 1 aromatic heterocycles. The van der Waals surface area contributed by atoms with Gasteiger partial charge >= 0.3 is 5.97 Å². The van der Waals surface area contributed by atoms with Crippen molar-refractivity contribution < 1.29 is 14.7 Å². The van der Waals surface area contributed by atoms with Gasteiger partial charge in [0.05, 0.1) is 12.0 Å². The van der Waals surface area contributed by atoms with E-state index >= 15 is 0 Å². The molecule has 0 fully saturated rings. The van der Waals surface area contributed by atoms with Gasteiger partial charge in [0.15, 0.2) is 0 Å². The van der Waals surface area contributed by atoms with E-state index in [-0.39, 0.29) is 12.3 Å². The number of carbonyl (C=O) groups is 2. The summed E-state index contributed by atoms with van der Waals surface area (Å²) in [4.78, 5) is 26.4. The Bertz CT molecular complexity index is 423. The van der Waals surface area contributed by atoms with Crippen LogP contribution >= 0.6 is 11.8 Å². The zero-order valence-electron chi connectivity index (χ0n) is 9.64. The largest absolute Gasteiger partial charge is 0.481 e. The van der Waals surface area contributed by atoms with Crippen LogP contribution in [0.4, 0.5) is 0 Å². The number of carbonyl (C=O) groups excluding carboxylic acids is 1. The highest BCUT2D eigenvalue weighted by molar-refractivity contribution is 7.98. The van der Waals surface area contributed by atoms with Crippen LogP contribution in [-0.4, -0.2) is 34.3 Å². The summed E-state index contributed by atoms with van der Waals surface area (Å²) in [6, 6.07) is 2.94. The number of rotatable bonds is 5. The number of pyridine rings is 1. The summed E-state index contributed by atoms with van der Waals surface area (Å²) in [5.74, 6) is -1.23. The Balaban J connectivity index is 2.72. The van der Waals surface area contributed by atoms with Crippen LogP contribution in [0.25, 0.3) is 0 Å². The molecule has 0 saturated carbocycles. The highest BCUT2D eigenvalue weighted by Crippen LogP contribution is 2.16. The highest BCUT2D eigenvalue weighted by Gasteiger charge is 2.15. The maximum absolute atomic E-state index is 11.9. The maximum Gasteiger partial charge on any atom is 0.305 e. The summed E-state index contributed by atoms with van der Waals surface area (Å²) < 4.78 is 0. The molecule has 1 unspecified atom stereocenters. The van der Waals surface area contributed by atoms with Crippen LogP contribution in [0.2, 0.25) is 0 Å². The molecule has 92 valence electrons. The molecule has 0 spiro atoms. The first-order valence-electron chi connectivity index (χ1n) is 5.06. The number of hydrogen-bond donors (Lipinski definition) is 2. The van der Waals surface area contributed by atoms with Gasteiger partial charge in [-0.25, -0.2) is 4.98 Å². The quantitative estimate of drug-likeness (QED) is 0.776. The molecule has 0 bridgehead atoms. The van der Waals surface area contributed by atoms with E-state index in [1.165, 1.54) is 11.8 Å². The van der Waals surface area contributed by atoms with Gasteiger partial charge < -0.3 is 10.4 Å². The van der Waals surface area contributed by atoms with E-state index in [9.17, 15) is 9.59 Å². The molecule has 17 heavy (non-hydrogen) atoms. The first kappa shape index (κ1) is 13.5. The second-order valence-electron chi connectivity index (χ2n) is 3.53. The number of aliphatic carboxylic acids is 1. The molecule has 0 aliphatic rings. The molecule has 6 heteroatoms. The van der Waals surface area contributed by atoms with Crippen LogP contribution in [0.3, 0.4) is 0 Å². The third-order valence-corrected chi connectivity index (χ3v) is 2.78. The van der Waals surface area contributed by atoms with E-state index < -0.39 is 12.0 Å². The number of hydrogen-bond acceptors (Lipinski definition) is 4. The van der Waals surface area contributed by atoms with E-state index in [4.69, 9.17) is 5.11 Å². The third-order valence-electron chi connectivity index (χ3n) is 2.07. The van der Waals surface area contributed by atoms with Crippen molar-refractivity contribution >= 4 is 23.6 Å². The number of carboxylic acids is 1. The van der Waals surface area contributed by atoms with Gasteiger partial charge in [-0.15, -0.1) is 11.8 Å². The lowest BCUT2D eigenvalue weighted by Crippen LogP contribution is -2.34. The van der Waals surface area contributed by atoms with Crippen LogP contribution in [-0.2, 0) is 4.79 Å². The molecule has 1 rings (SSSR count). The molecule has 5 nitrogen and oxygen atoms in total. The average Bonchev–Trinajstić information content (AvgIpc) is 2.27. The first-order valence-corrected chi connectivity index (χ1v) is 6.28. The molecule has 0 aliphatic heterocycles. The minimum absolute atomic E-state index is 0.0966. The summed E-state index contributed by atoms with van der Waals surface area (Å²) in [5, 5.41) is 11.9. The van der Waals surface area contributed by atoms with Gasteiger partial charge in [0.2, 0.25) is 0 Å². The Morgan fingerprint density at radius 3 is 2.88 bits per heavy atom. The Morgan fingerprint density at radius 2 is 2.29 bits per heavy atom. The molecular formula is C11H14N2O3S. The smallest absolute Gasteiger partial charge is 0.305 e. The van der Waals surface area contributed by atoms with Crippen molar-refractivity contribution in [1.82, 2.24) is 10.3 Å². The first-order chi connectivity index (χ1) is 8.04. The zero-order chi connectivity index (χ0) is 12.8. The highest BCUT2D eigenvalue weighted by atomic mass is 32.2. The molecule has 1 amide bonds. The third kappa shape index (κ3) is 4.07. The number of aromatic nitrogens is 1. The van der Waals surface area contributed by atoms with Crippen molar-refractivity contribution in [2.75, 3.05) is 6.26 Å². The molecule has 0 radical (unpaired) electrons. The van der Waals surface area contributed by atoms with Crippen molar-refractivity contribution in [1.29, 1.82) is 0 Å². The van der Waals surface area contributed by atoms with Gasteiger partial charge in [-0.1, -0.05) is 0 Å². The fraction of sp³-hybridized carbons (Fsp3) is 0.364. The Kier molecular flexibility index (Phi) is 4.96. The second kappa shape index (κ2) is 6.24. The van der Waals surface area contributed by atoms with Gasteiger partial charge in [-0.05, 0) is 25.3 Å². The summed E-state index contributed by atoms with van der Waals surface area (Å²) in [7, 11) is 0. The van der Waals surface area contributed by atoms with Crippen molar-refractivity contribution in [2.45, 2.75) is 24.4 Å². The lowest BCUT2D eigenvalue weighted by Gasteiger charge is -2.12. The molecule has 0 saturated heterocycles.